The van der Waals surface area contributed by atoms with Crippen molar-refractivity contribution < 1.29 is 34.4 Å². The van der Waals surface area contributed by atoms with E-state index in [4.69, 9.17) is 20.2 Å². The molecule has 138 valence electrons. The maximum absolute atomic E-state index is 12.6. The van der Waals surface area contributed by atoms with Crippen LogP contribution in [0.4, 0.5) is 0 Å². The second kappa shape index (κ2) is 8.52. The van der Waals surface area contributed by atoms with Crippen LogP contribution in [0.3, 0.4) is 0 Å². The first-order valence-corrected chi connectivity index (χ1v) is 7.83. The summed E-state index contributed by atoms with van der Waals surface area (Å²) in [5.41, 5.74) is 0.749. The number of esters is 1. The van der Waals surface area contributed by atoms with Crippen LogP contribution in [0.1, 0.15) is 12.0 Å². The zero-order valence-corrected chi connectivity index (χ0v) is 13.7. The topological polar surface area (TPSA) is 131 Å². The molecule has 1 fully saturated rings. The third kappa shape index (κ3) is 4.06. The summed E-state index contributed by atoms with van der Waals surface area (Å²) in [7, 11) is 0. The fraction of sp³-hybridized carbons (Fsp3) is 0.471. The minimum Gasteiger partial charge on any atom is -0.460 e. The Labute approximate surface area is 145 Å². The summed E-state index contributed by atoms with van der Waals surface area (Å²) in [5.74, 6) is 1.26. The van der Waals surface area contributed by atoms with E-state index in [0.29, 0.717) is 0 Å². The zero-order chi connectivity index (χ0) is 18.4. The van der Waals surface area contributed by atoms with Crippen LogP contribution in [0, 0.1) is 5.92 Å². The molecule has 0 radical (unpaired) electrons. The summed E-state index contributed by atoms with van der Waals surface area (Å²) >= 11 is 0. The van der Waals surface area contributed by atoms with E-state index in [1.807, 2.05) is 6.07 Å². The average molecular weight is 353 g/mol. The van der Waals surface area contributed by atoms with E-state index in [0.717, 1.165) is 5.56 Å². The highest BCUT2D eigenvalue weighted by Crippen LogP contribution is 2.38. The van der Waals surface area contributed by atoms with Gasteiger partial charge in [0.1, 0.15) is 30.8 Å². The molecule has 0 amide bonds. The van der Waals surface area contributed by atoms with Gasteiger partial charge in [-0.1, -0.05) is 36.4 Å². The quantitative estimate of drug-likeness (QED) is 0.296. The van der Waals surface area contributed by atoms with Crippen LogP contribution in [-0.2, 0) is 25.7 Å². The first-order chi connectivity index (χ1) is 12.0. The molecule has 5 atom stereocenters. The fourth-order valence-corrected chi connectivity index (χ4v) is 2.88. The predicted molar refractivity (Wildman–Crippen MR) is 86.5 cm³/mol. The molecule has 2 rings (SSSR count). The van der Waals surface area contributed by atoms with Crippen molar-refractivity contribution in [3.8, 4) is 0 Å². The molecule has 1 aromatic rings. The van der Waals surface area contributed by atoms with Crippen molar-refractivity contribution in [2.45, 2.75) is 37.1 Å². The average Bonchev–Trinajstić information content (AvgIpc) is 2.64. The predicted octanol–water partition coefficient (Wildman–Crippen LogP) is -0.378. The molecule has 0 unspecified atom stereocenters. The van der Waals surface area contributed by atoms with Gasteiger partial charge in [0.05, 0.1) is 6.61 Å². The van der Waals surface area contributed by atoms with Gasteiger partial charge in [-0.3, -0.25) is 9.63 Å². The van der Waals surface area contributed by atoms with Gasteiger partial charge in [-0.15, -0.1) is 6.58 Å². The maximum atomic E-state index is 12.6. The van der Waals surface area contributed by atoms with Gasteiger partial charge >= 0.3 is 5.97 Å². The van der Waals surface area contributed by atoms with Gasteiger partial charge in [-0.2, -0.15) is 0 Å². The van der Waals surface area contributed by atoms with E-state index in [1.165, 1.54) is 6.08 Å². The molecule has 25 heavy (non-hydrogen) atoms. The van der Waals surface area contributed by atoms with E-state index in [1.54, 1.807) is 24.3 Å². The van der Waals surface area contributed by atoms with Crippen LogP contribution in [0.2, 0.25) is 0 Å². The molecule has 0 bridgehead atoms. The van der Waals surface area contributed by atoms with Crippen LogP contribution in [-0.4, -0.2) is 52.0 Å². The lowest BCUT2D eigenvalue weighted by Gasteiger charge is -2.47. The third-order valence-corrected chi connectivity index (χ3v) is 4.18. The molecule has 8 nitrogen and oxygen atoms in total. The molecule has 8 heteroatoms. The van der Waals surface area contributed by atoms with E-state index < -0.39 is 42.6 Å². The van der Waals surface area contributed by atoms with Crippen LogP contribution >= 0.6 is 0 Å². The van der Waals surface area contributed by atoms with E-state index in [9.17, 15) is 20.1 Å². The molecule has 5 N–H and O–H groups in total. The highest BCUT2D eigenvalue weighted by atomic mass is 16.8. The summed E-state index contributed by atoms with van der Waals surface area (Å²) in [4.78, 5) is 17.4. The number of hydrogen-bond donors (Lipinski definition) is 4. The number of aliphatic hydroxyl groups excluding tert-OH is 3. The minimum absolute atomic E-state index is 0.0306. The number of hydrogen-bond acceptors (Lipinski definition) is 8. The molecule has 1 aliphatic rings. The molecule has 0 saturated carbocycles. The van der Waals surface area contributed by atoms with Gasteiger partial charge in [0.2, 0.25) is 5.79 Å². The van der Waals surface area contributed by atoms with E-state index in [2.05, 4.69) is 6.58 Å². The summed E-state index contributed by atoms with van der Waals surface area (Å²) in [5, 5.41) is 29.8. The Hall–Kier alpha value is -1.81. The standard InChI is InChI=1S/C17H23NO7/c1-2-8-17(25-18)13(15(21)14(20)12(9-19)24-17)16(22)23-10-11-6-4-3-5-7-11/h2-7,12-15,19-21H,1,8-10,18H2/t12-,13+,14-,15-,17-/m1/s1. The summed E-state index contributed by atoms with van der Waals surface area (Å²) in [6, 6.07) is 8.96. The lowest BCUT2D eigenvalue weighted by Crippen LogP contribution is -2.65. The molecule has 0 aromatic heterocycles. The van der Waals surface area contributed by atoms with Gasteiger partial charge < -0.3 is 24.8 Å². The molecular weight excluding hydrogens is 330 g/mol. The van der Waals surface area contributed by atoms with Gasteiger partial charge in [0.15, 0.2) is 0 Å². The Bertz CT molecular complexity index is 582. The monoisotopic (exact) mass is 353 g/mol. The van der Waals surface area contributed by atoms with Crippen LogP contribution in [0.25, 0.3) is 0 Å². The Morgan fingerprint density at radius 3 is 2.56 bits per heavy atom. The molecular formula is C17H23NO7. The Morgan fingerprint density at radius 2 is 2.00 bits per heavy atom. The van der Waals surface area contributed by atoms with Crippen molar-refractivity contribution in [1.82, 2.24) is 0 Å². The normalized spacial score (nSPS) is 32.2. The number of carbonyl (C=O) groups excluding carboxylic acids is 1. The van der Waals surface area contributed by atoms with Crippen molar-refractivity contribution in [1.29, 1.82) is 0 Å². The van der Waals surface area contributed by atoms with Gasteiger partial charge in [0.25, 0.3) is 0 Å². The van der Waals surface area contributed by atoms with Crippen LogP contribution in [0.5, 0.6) is 0 Å². The second-order valence-electron chi connectivity index (χ2n) is 5.81. The number of rotatable bonds is 7. The molecule has 1 heterocycles. The number of carbonyl (C=O) groups is 1. The van der Waals surface area contributed by atoms with Crippen molar-refractivity contribution in [3.63, 3.8) is 0 Å². The largest absolute Gasteiger partial charge is 0.460 e. The zero-order valence-electron chi connectivity index (χ0n) is 13.7. The lowest BCUT2D eigenvalue weighted by molar-refractivity contribution is -0.348. The number of nitrogens with two attached hydrogens (primary N) is 1. The number of ether oxygens (including phenoxy) is 2. The minimum atomic E-state index is -1.80. The smallest absolute Gasteiger partial charge is 0.317 e. The van der Waals surface area contributed by atoms with Crippen molar-refractivity contribution in [2.75, 3.05) is 6.61 Å². The van der Waals surface area contributed by atoms with Gasteiger partial charge in [-0.25, -0.2) is 5.90 Å². The molecule has 0 aliphatic carbocycles. The SMILES string of the molecule is C=CC[C@]1(ON)O[C@H](CO)[C@@H](O)[C@H](O)[C@H]1C(=O)OCc1ccccc1. The lowest BCUT2D eigenvalue weighted by atomic mass is 9.82. The summed E-state index contributed by atoms with van der Waals surface area (Å²) in [6.07, 6.45) is -2.94. The van der Waals surface area contributed by atoms with Crippen molar-refractivity contribution >= 4 is 5.97 Å². The first kappa shape index (κ1) is 19.5. The number of benzene rings is 1. The summed E-state index contributed by atoms with van der Waals surface area (Å²) in [6.45, 7) is 2.93. The van der Waals surface area contributed by atoms with E-state index >= 15 is 0 Å². The number of aliphatic hydroxyl groups is 3. The molecule has 1 saturated heterocycles. The third-order valence-electron chi connectivity index (χ3n) is 4.18. The summed E-state index contributed by atoms with van der Waals surface area (Å²) < 4.78 is 10.7. The van der Waals surface area contributed by atoms with E-state index in [-0.39, 0.29) is 13.0 Å². The van der Waals surface area contributed by atoms with Crippen LogP contribution in [0.15, 0.2) is 43.0 Å². The van der Waals surface area contributed by atoms with Gasteiger partial charge in [0, 0.05) is 6.42 Å². The fourth-order valence-electron chi connectivity index (χ4n) is 2.88. The Morgan fingerprint density at radius 1 is 1.32 bits per heavy atom. The Balaban J connectivity index is 2.22. The highest BCUT2D eigenvalue weighted by Gasteiger charge is 2.58. The maximum Gasteiger partial charge on any atom is 0.317 e. The molecule has 1 aromatic carbocycles. The Kier molecular flexibility index (Phi) is 6.65. The first-order valence-electron chi connectivity index (χ1n) is 7.83. The van der Waals surface area contributed by atoms with Gasteiger partial charge in [-0.05, 0) is 5.56 Å². The molecule has 0 spiro atoms. The van der Waals surface area contributed by atoms with Crippen LogP contribution < -0.4 is 5.90 Å². The van der Waals surface area contributed by atoms with Crippen molar-refractivity contribution in [3.05, 3.63) is 48.6 Å². The molecule has 1 aliphatic heterocycles. The van der Waals surface area contributed by atoms with Crippen molar-refractivity contribution in [2.24, 2.45) is 11.8 Å². The second-order valence-corrected chi connectivity index (χ2v) is 5.81. The highest BCUT2D eigenvalue weighted by molar-refractivity contribution is 5.75.